The minimum Gasteiger partial charge on any atom is -0.345 e. The minimum absolute atomic E-state index is 0.189. The van der Waals surface area contributed by atoms with Crippen LogP contribution in [0, 0.1) is 11.8 Å². The highest BCUT2D eigenvalue weighted by Crippen LogP contribution is 2.25. The maximum atomic E-state index is 11.9. The van der Waals surface area contributed by atoms with Crippen molar-refractivity contribution in [3.05, 3.63) is 0 Å². The highest BCUT2D eigenvalue weighted by atomic mass is 16.2. The highest BCUT2D eigenvalue weighted by Gasteiger charge is 2.29. The fourth-order valence-corrected chi connectivity index (χ4v) is 2.19. The number of hydrogen-bond acceptors (Lipinski definition) is 2. The number of nitrogens with two attached hydrogens (primary N) is 1. The molecule has 0 spiro atoms. The summed E-state index contributed by atoms with van der Waals surface area (Å²) in [5.74, 6) is 1.01. The molecule has 1 aliphatic carbocycles. The summed E-state index contributed by atoms with van der Waals surface area (Å²) in [4.78, 5) is 13.8. The Balaban J connectivity index is 2.40. The molecule has 0 aromatic carbocycles. The van der Waals surface area contributed by atoms with Gasteiger partial charge in [0.15, 0.2) is 0 Å². The van der Waals surface area contributed by atoms with E-state index in [9.17, 15) is 4.79 Å². The average Bonchev–Trinajstić information content (AvgIpc) is 2.49. The lowest BCUT2D eigenvalue weighted by Crippen LogP contribution is -2.35. The number of carbonyl (C=O) groups excluding carboxylic acids is 1. The monoisotopic (exact) mass is 198 g/mol. The Morgan fingerprint density at radius 2 is 2.14 bits per heavy atom. The van der Waals surface area contributed by atoms with Crippen molar-refractivity contribution < 1.29 is 4.79 Å². The van der Waals surface area contributed by atoms with Crippen molar-refractivity contribution in [1.29, 1.82) is 0 Å². The van der Waals surface area contributed by atoms with E-state index in [4.69, 9.17) is 5.73 Å². The summed E-state index contributed by atoms with van der Waals surface area (Å²) < 4.78 is 0. The largest absolute Gasteiger partial charge is 0.345 e. The number of amides is 1. The maximum Gasteiger partial charge on any atom is 0.225 e. The van der Waals surface area contributed by atoms with Gasteiger partial charge >= 0.3 is 0 Å². The third-order valence-corrected chi connectivity index (χ3v) is 2.84. The summed E-state index contributed by atoms with van der Waals surface area (Å²) in [6.07, 6.45) is 2.86. The molecule has 1 rings (SSSR count). The summed E-state index contributed by atoms with van der Waals surface area (Å²) >= 11 is 0. The Bertz CT molecular complexity index is 203. The van der Waals surface area contributed by atoms with Gasteiger partial charge in [-0.15, -0.1) is 0 Å². The zero-order chi connectivity index (χ0) is 10.7. The van der Waals surface area contributed by atoms with Crippen molar-refractivity contribution in [2.75, 3.05) is 13.6 Å². The lowest BCUT2D eigenvalue weighted by molar-refractivity contribution is -0.134. The molecular weight excluding hydrogens is 176 g/mol. The van der Waals surface area contributed by atoms with Crippen LogP contribution < -0.4 is 5.73 Å². The molecule has 1 saturated carbocycles. The van der Waals surface area contributed by atoms with E-state index in [1.54, 1.807) is 0 Å². The van der Waals surface area contributed by atoms with Gasteiger partial charge in [-0.05, 0) is 25.2 Å². The van der Waals surface area contributed by atoms with Crippen molar-refractivity contribution in [1.82, 2.24) is 4.90 Å². The van der Waals surface area contributed by atoms with E-state index >= 15 is 0 Å². The average molecular weight is 198 g/mol. The summed E-state index contributed by atoms with van der Waals surface area (Å²) in [7, 11) is 1.90. The predicted molar refractivity (Wildman–Crippen MR) is 57.8 cm³/mol. The minimum atomic E-state index is 0.189. The number of carbonyl (C=O) groups is 1. The number of hydrogen-bond donors (Lipinski definition) is 1. The van der Waals surface area contributed by atoms with E-state index < -0.39 is 0 Å². The second-order valence-corrected chi connectivity index (χ2v) is 4.88. The fraction of sp³-hybridized carbons (Fsp3) is 0.909. The van der Waals surface area contributed by atoms with E-state index in [2.05, 4.69) is 13.8 Å². The third kappa shape index (κ3) is 2.98. The van der Waals surface area contributed by atoms with Crippen LogP contribution in [0.15, 0.2) is 0 Å². The molecule has 0 aromatic heterocycles. The van der Waals surface area contributed by atoms with Gasteiger partial charge in [-0.25, -0.2) is 0 Å². The van der Waals surface area contributed by atoms with Gasteiger partial charge in [-0.1, -0.05) is 13.8 Å². The molecule has 0 aromatic rings. The Morgan fingerprint density at radius 3 is 2.57 bits per heavy atom. The molecule has 82 valence electrons. The van der Waals surface area contributed by atoms with Crippen molar-refractivity contribution in [2.45, 2.75) is 39.2 Å². The molecular formula is C11H22N2O. The SMILES string of the molecule is CC(C)CN(C)C(=O)C1CCC(N)C1. The fourth-order valence-electron chi connectivity index (χ4n) is 2.19. The van der Waals surface area contributed by atoms with Crippen LogP contribution >= 0.6 is 0 Å². The van der Waals surface area contributed by atoms with Gasteiger partial charge in [0.05, 0.1) is 0 Å². The first-order valence-electron chi connectivity index (χ1n) is 5.51. The molecule has 1 aliphatic rings. The molecule has 14 heavy (non-hydrogen) atoms. The predicted octanol–water partition coefficient (Wildman–Crippen LogP) is 1.23. The molecule has 2 N–H and O–H groups in total. The van der Waals surface area contributed by atoms with Gasteiger partial charge in [0.2, 0.25) is 5.91 Å². The van der Waals surface area contributed by atoms with Crippen LogP contribution in [0.1, 0.15) is 33.1 Å². The molecule has 1 fully saturated rings. The summed E-state index contributed by atoms with van der Waals surface area (Å²) in [6.45, 7) is 5.11. The molecule has 2 unspecified atom stereocenters. The second-order valence-electron chi connectivity index (χ2n) is 4.88. The van der Waals surface area contributed by atoms with Crippen LogP contribution in [-0.2, 0) is 4.79 Å². The van der Waals surface area contributed by atoms with Gasteiger partial charge in [0.25, 0.3) is 0 Å². The summed E-state index contributed by atoms with van der Waals surface area (Å²) in [6, 6.07) is 0.247. The highest BCUT2D eigenvalue weighted by molar-refractivity contribution is 5.78. The molecule has 3 nitrogen and oxygen atoms in total. The van der Waals surface area contributed by atoms with Crippen LogP contribution in [0.3, 0.4) is 0 Å². The summed E-state index contributed by atoms with van der Waals surface area (Å²) in [5, 5.41) is 0. The van der Waals surface area contributed by atoms with Gasteiger partial charge in [0.1, 0.15) is 0 Å². The Labute approximate surface area is 86.6 Å². The van der Waals surface area contributed by atoms with Crippen LogP contribution in [0.5, 0.6) is 0 Å². The van der Waals surface area contributed by atoms with Crippen molar-refractivity contribution in [2.24, 2.45) is 17.6 Å². The summed E-state index contributed by atoms with van der Waals surface area (Å²) in [5.41, 5.74) is 5.79. The molecule has 0 bridgehead atoms. The zero-order valence-electron chi connectivity index (χ0n) is 9.49. The Morgan fingerprint density at radius 1 is 1.50 bits per heavy atom. The van der Waals surface area contributed by atoms with E-state index in [-0.39, 0.29) is 17.9 Å². The molecule has 2 atom stereocenters. The first kappa shape index (κ1) is 11.5. The van der Waals surface area contributed by atoms with Gasteiger partial charge in [0, 0.05) is 25.6 Å². The molecule has 1 amide bonds. The quantitative estimate of drug-likeness (QED) is 0.741. The van der Waals surface area contributed by atoms with Crippen LogP contribution in [-0.4, -0.2) is 30.4 Å². The topological polar surface area (TPSA) is 46.3 Å². The van der Waals surface area contributed by atoms with Crippen molar-refractivity contribution >= 4 is 5.91 Å². The first-order valence-corrected chi connectivity index (χ1v) is 5.51. The normalized spacial score (nSPS) is 26.9. The smallest absolute Gasteiger partial charge is 0.225 e. The van der Waals surface area contributed by atoms with Crippen LogP contribution in [0.25, 0.3) is 0 Å². The van der Waals surface area contributed by atoms with E-state index in [1.807, 2.05) is 11.9 Å². The standard InChI is InChI=1S/C11H22N2O/c1-8(2)7-13(3)11(14)9-4-5-10(12)6-9/h8-10H,4-7,12H2,1-3H3. The van der Waals surface area contributed by atoms with Gasteiger partial charge in [-0.2, -0.15) is 0 Å². The molecule has 0 heterocycles. The zero-order valence-corrected chi connectivity index (χ0v) is 9.49. The Hall–Kier alpha value is -0.570. The first-order chi connectivity index (χ1) is 6.50. The molecule has 0 radical (unpaired) electrons. The van der Waals surface area contributed by atoms with E-state index in [1.165, 1.54) is 0 Å². The van der Waals surface area contributed by atoms with E-state index in [0.717, 1.165) is 25.8 Å². The van der Waals surface area contributed by atoms with E-state index in [0.29, 0.717) is 5.92 Å². The Kier molecular flexibility index (Phi) is 3.93. The third-order valence-electron chi connectivity index (χ3n) is 2.84. The molecule has 0 saturated heterocycles. The van der Waals surface area contributed by atoms with Crippen LogP contribution in [0.4, 0.5) is 0 Å². The second kappa shape index (κ2) is 4.78. The van der Waals surface area contributed by atoms with Crippen molar-refractivity contribution in [3.63, 3.8) is 0 Å². The number of rotatable bonds is 3. The molecule has 0 aliphatic heterocycles. The van der Waals surface area contributed by atoms with Gasteiger partial charge < -0.3 is 10.6 Å². The maximum absolute atomic E-state index is 11.9. The lowest BCUT2D eigenvalue weighted by atomic mass is 10.1. The van der Waals surface area contributed by atoms with Gasteiger partial charge in [-0.3, -0.25) is 4.79 Å². The molecule has 3 heteroatoms. The lowest BCUT2D eigenvalue weighted by Gasteiger charge is -2.22. The van der Waals surface area contributed by atoms with Crippen LogP contribution in [0.2, 0.25) is 0 Å². The number of nitrogens with zero attached hydrogens (tertiary/aromatic N) is 1. The van der Waals surface area contributed by atoms with Crippen molar-refractivity contribution in [3.8, 4) is 0 Å².